The highest BCUT2D eigenvalue weighted by Crippen LogP contribution is 2.43. The number of hydrogen-bond acceptors (Lipinski definition) is 2. The summed E-state index contributed by atoms with van der Waals surface area (Å²) in [7, 11) is 0. The van der Waals surface area contributed by atoms with Crippen molar-refractivity contribution in [3.8, 4) is 0 Å². The Kier molecular flexibility index (Phi) is 4.85. The fourth-order valence-electron chi connectivity index (χ4n) is 3.50. The fraction of sp³-hybridized carbons (Fsp3) is 0.812. The number of allylic oxidation sites excluding steroid dienone is 1. The molecule has 0 aromatic heterocycles. The Balaban J connectivity index is 1.87. The minimum atomic E-state index is -0.0836. The highest BCUT2D eigenvalue weighted by Gasteiger charge is 2.39. The van der Waals surface area contributed by atoms with Crippen molar-refractivity contribution < 1.29 is 9.53 Å². The molecule has 0 aromatic rings. The maximum atomic E-state index is 12.0. The molecule has 18 heavy (non-hydrogen) atoms. The van der Waals surface area contributed by atoms with Crippen LogP contribution in [0.15, 0.2) is 11.6 Å². The van der Waals surface area contributed by atoms with Crippen molar-refractivity contribution in [2.45, 2.75) is 71.3 Å². The van der Waals surface area contributed by atoms with Crippen molar-refractivity contribution in [2.75, 3.05) is 0 Å². The van der Waals surface area contributed by atoms with Crippen molar-refractivity contribution in [3.63, 3.8) is 0 Å². The first-order valence-corrected chi connectivity index (χ1v) is 7.60. The summed E-state index contributed by atoms with van der Waals surface area (Å²) in [5, 5.41) is 0. The normalized spacial score (nSPS) is 32.1. The first-order valence-electron chi connectivity index (χ1n) is 7.60. The van der Waals surface area contributed by atoms with Crippen molar-refractivity contribution in [1.82, 2.24) is 0 Å². The lowest BCUT2D eigenvalue weighted by atomic mass is 9.81. The summed E-state index contributed by atoms with van der Waals surface area (Å²) in [4.78, 5) is 12.0. The van der Waals surface area contributed by atoms with E-state index in [9.17, 15) is 4.79 Å². The average Bonchev–Trinajstić information content (AvgIpc) is 2.79. The van der Waals surface area contributed by atoms with Gasteiger partial charge >= 0.3 is 5.97 Å². The van der Waals surface area contributed by atoms with Crippen LogP contribution < -0.4 is 0 Å². The number of ether oxygens (including phenoxy) is 1. The Morgan fingerprint density at radius 1 is 1.22 bits per heavy atom. The number of rotatable bonds is 4. The highest BCUT2D eigenvalue weighted by atomic mass is 16.5. The van der Waals surface area contributed by atoms with Gasteiger partial charge in [-0.05, 0) is 44.4 Å². The summed E-state index contributed by atoms with van der Waals surface area (Å²) in [6.45, 7) is 4.00. The predicted octanol–water partition coefficient (Wildman–Crippen LogP) is 4.24. The Morgan fingerprint density at radius 2 is 2.00 bits per heavy atom. The quantitative estimate of drug-likeness (QED) is 0.551. The topological polar surface area (TPSA) is 26.3 Å². The Morgan fingerprint density at radius 3 is 2.78 bits per heavy atom. The average molecular weight is 250 g/mol. The zero-order chi connectivity index (χ0) is 13.0. The molecule has 2 aliphatic carbocycles. The van der Waals surface area contributed by atoms with Gasteiger partial charge < -0.3 is 4.74 Å². The molecule has 2 rings (SSSR count). The van der Waals surface area contributed by atoms with Gasteiger partial charge in [-0.2, -0.15) is 0 Å². The Labute approximate surface area is 111 Å². The summed E-state index contributed by atoms with van der Waals surface area (Å²) in [6, 6.07) is 0. The van der Waals surface area contributed by atoms with Gasteiger partial charge in [-0.1, -0.05) is 38.7 Å². The third-order valence-corrected chi connectivity index (χ3v) is 4.59. The molecule has 3 unspecified atom stereocenters. The summed E-state index contributed by atoms with van der Waals surface area (Å²) < 4.78 is 5.73. The van der Waals surface area contributed by atoms with Gasteiger partial charge in [0.2, 0.25) is 0 Å². The van der Waals surface area contributed by atoms with Crippen molar-refractivity contribution >= 4 is 5.97 Å². The zero-order valence-corrected chi connectivity index (χ0v) is 11.8. The molecule has 0 N–H and O–H groups in total. The van der Waals surface area contributed by atoms with Crippen LogP contribution in [0.1, 0.15) is 65.2 Å². The van der Waals surface area contributed by atoms with Gasteiger partial charge in [-0.15, -0.1) is 0 Å². The largest absolute Gasteiger partial charge is 0.459 e. The van der Waals surface area contributed by atoms with Crippen LogP contribution >= 0.6 is 0 Å². The maximum Gasteiger partial charge on any atom is 0.333 e. The smallest absolute Gasteiger partial charge is 0.333 e. The van der Waals surface area contributed by atoms with Gasteiger partial charge in [-0.25, -0.2) is 4.79 Å². The molecule has 0 aromatic carbocycles. The van der Waals surface area contributed by atoms with E-state index in [0.29, 0.717) is 5.92 Å². The molecule has 0 aliphatic heterocycles. The van der Waals surface area contributed by atoms with E-state index in [4.69, 9.17) is 4.74 Å². The van der Waals surface area contributed by atoms with Crippen LogP contribution in [0.5, 0.6) is 0 Å². The van der Waals surface area contributed by atoms with E-state index in [1.807, 2.05) is 13.0 Å². The van der Waals surface area contributed by atoms with E-state index in [0.717, 1.165) is 30.8 Å². The fourth-order valence-corrected chi connectivity index (χ4v) is 3.50. The van der Waals surface area contributed by atoms with Gasteiger partial charge in [0.15, 0.2) is 0 Å². The van der Waals surface area contributed by atoms with Crippen LogP contribution in [-0.4, -0.2) is 12.1 Å². The number of carbonyl (C=O) groups is 1. The van der Waals surface area contributed by atoms with Crippen LogP contribution in [0.4, 0.5) is 0 Å². The highest BCUT2D eigenvalue weighted by molar-refractivity contribution is 5.87. The second kappa shape index (κ2) is 6.40. The van der Waals surface area contributed by atoms with E-state index in [1.54, 1.807) is 0 Å². The van der Waals surface area contributed by atoms with E-state index in [1.165, 1.54) is 32.1 Å². The Bertz CT molecular complexity index is 319. The van der Waals surface area contributed by atoms with Gasteiger partial charge in [0, 0.05) is 5.57 Å². The number of esters is 1. The molecule has 2 aliphatic rings. The van der Waals surface area contributed by atoms with Crippen LogP contribution in [0.3, 0.4) is 0 Å². The number of hydrogen-bond donors (Lipinski definition) is 0. The van der Waals surface area contributed by atoms with Gasteiger partial charge in [0.1, 0.15) is 6.10 Å². The van der Waals surface area contributed by atoms with Crippen molar-refractivity contribution in [1.29, 1.82) is 0 Å². The first kappa shape index (κ1) is 13.6. The molecule has 0 saturated heterocycles. The molecule has 0 bridgehead atoms. The molecule has 2 nitrogen and oxygen atoms in total. The van der Waals surface area contributed by atoms with Gasteiger partial charge in [0.05, 0.1) is 0 Å². The van der Waals surface area contributed by atoms with E-state index < -0.39 is 0 Å². The third kappa shape index (κ3) is 3.15. The maximum absolute atomic E-state index is 12.0. The lowest BCUT2D eigenvalue weighted by Gasteiger charge is -2.28. The second-order valence-electron chi connectivity index (χ2n) is 5.91. The molecule has 0 radical (unpaired) electrons. The SMILES string of the molecule is CCCC=C(C)C(=O)OC1CCC2CCCCC21. The minimum Gasteiger partial charge on any atom is -0.459 e. The molecular formula is C16H26O2. The summed E-state index contributed by atoms with van der Waals surface area (Å²) in [6.07, 6.45) is 11.9. The lowest BCUT2D eigenvalue weighted by Crippen LogP contribution is -2.27. The summed E-state index contributed by atoms with van der Waals surface area (Å²) in [5.74, 6) is 1.40. The van der Waals surface area contributed by atoms with Crippen LogP contribution in [-0.2, 0) is 9.53 Å². The second-order valence-corrected chi connectivity index (χ2v) is 5.91. The number of carbonyl (C=O) groups excluding carboxylic acids is 1. The molecule has 2 fully saturated rings. The van der Waals surface area contributed by atoms with E-state index in [2.05, 4.69) is 6.92 Å². The standard InChI is InChI=1S/C16H26O2/c1-3-4-7-12(2)16(17)18-15-11-10-13-8-5-6-9-14(13)15/h7,13-15H,3-6,8-11H2,1-2H3. The number of unbranched alkanes of at least 4 members (excludes halogenated alkanes) is 1. The van der Waals surface area contributed by atoms with Gasteiger partial charge in [0.25, 0.3) is 0 Å². The first-order chi connectivity index (χ1) is 8.72. The molecule has 3 atom stereocenters. The molecule has 102 valence electrons. The third-order valence-electron chi connectivity index (χ3n) is 4.59. The van der Waals surface area contributed by atoms with Crippen LogP contribution in [0.25, 0.3) is 0 Å². The van der Waals surface area contributed by atoms with Gasteiger partial charge in [-0.3, -0.25) is 0 Å². The molecular weight excluding hydrogens is 224 g/mol. The van der Waals surface area contributed by atoms with Crippen LogP contribution in [0.2, 0.25) is 0 Å². The van der Waals surface area contributed by atoms with Crippen molar-refractivity contribution in [3.05, 3.63) is 11.6 Å². The minimum absolute atomic E-state index is 0.0836. The molecule has 2 heteroatoms. The molecule has 0 spiro atoms. The van der Waals surface area contributed by atoms with Crippen LogP contribution in [0, 0.1) is 11.8 Å². The predicted molar refractivity (Wildman–Crippen MR) is 73.2 cm³/mol. The van der Waals surface area contributed by atoms with E-state index in [-0.39, 0.29) is 12.1 Å². The summed E-state index contributed by atoms with van der Waals surface area (Å²) >= 11 is 0. The molecule has 0 heterocycles. The number of fused-ring (bicyclic) bond motifs is 1. The molecule has 0 amide bonds. The molecule has 2 saturated carbocycles. The lowest BCUT2D eigenvalue weighted by molar-refractivity contribution is -0.146. The van der Waals surface area contributed by atoms with E-state index >= 15 is 0 Å². The summed E-state index contributed by atoms with van der Waals surface area (Å²) in [5.41, 5.74) is 0.788. The zero-order valence-electron chi connectivity index (χ0n) is 11.8. The Hall–Kier alpha value is -0.790. The monoisotopic (exact) mass is 250 g/mol. The van der Waals surface area contributed by atoms with Crippen molar-refractivity contribution in [2.24, 2.45) is 11.8 Å².